The minimum atomic E-state index is -1.17. The molecular formula is C14H17BrClNO4. The summed E-state index contributed by atoms with van der Waals surface area (Å²) >= 11 is 9.12. The molecule has 1 N–H and O–H groups in total. The zero-order valence-corrected chi connectivity index (χ0v) is 14.5. The van der Waals surface area contributed by atoms with Crippen LogP contribution in [0.15, 0.2) is 22.7 Å². The number of benzene rings is 1. The van der Waals surface area contributed by atoms with E-state index >= 15 is 0 Å². The normalized spacial score (nSPS) is 12.7. The van der Waals surface area contributed by atoms with Crippen LogP contribution in [0.3, 0.4) is 0 Å². The highest BCUT2D eigenvalue weighted by atomic mass is 79.9. The summed E-state index contributed by atoms with van der Waals surface area (Å²) < 4.78 is 5.71. The molecule has 7 heteroatoms. The molecule has 1 amide bonds. The molecule has 0 saturated heterocycles. The Kier molecular flexibility index (Phi) is 5.64. The zero-order valence-electron chi connectivity index (χ0n) is 12.2. The Morgan fingerprint density at radius 1 is 1.38 bits per heavy atom. The van der Waals surface area contributed by atoms with Crippen molar-refractivity contribution in [2.75, 3.05) is 7.05 Å². The molecule has 1 unspecified atom stereocenters. The number of aliphatic carboxylic acids is 1. The molecule has 0 fully saturated rings. The highest BCUT2D eigenvalue weighted by Crippen LogP contribution is 2.30. The maximum Gasteiger partial charge on any atom is 0.411 e. The van der Waals surface area contributed by atoms with Crippen LogP contribution in [0.1, 0.15) is 32.4 Å². The smallest absolute Gasteiger partial charge is 0.411 e. The largest absolute Gasteiger partial charge is 0.479 e. The molecule has 0 radical (unpaired) electrons. The lowest BCUT2D eigenvalue weighted by Crippen LogP contribution is -2.39. The Balaban J connectivity index is 3.12. The number of carbonyl (C=O) groups excluding carboxylic acids is 1. The molecule has 1 aromatic carbocycles. The second kappa shape index (κ2) is 6.66. The fourth-order valence-corrected chi connectivity index (χ4v) is 2.57. The fourth-order valence-electron chi connectivity index (χ4n) is 1.67. The van der Waals surface area contributed by atoms with E-state index in [-0.39, 0.29) is 0 Å². The van der Waals surface area contributed by atoms with E-state index in [1.807, 2.05) is 0 Å². The summed E-state index contributed by atoms with van der Waals surface area (Å²) in [7, 11) is 1.38. The molecule has 0 aromatic heterocycles. The maximum absolute atomic E-state index is 12.1. The summed E-state index contributed by atoms with van der Waals surface area (Å²) in [6, 6.07) is 3.54. The molecule has 0 spiro atoms. The summed E-state index contributed by atoms with van der Waals surface area (Å²) in [5.74, 6) is -1.16. The molecule has 0 aliphatic rings. The number of hydrogen-bond donors (Lipinski definition) is 1. The first-order valence-corrected chi connectivity index (χ1v) is 7.33. The summed E-state index contributed by atoms with van der Waals surface area (Å²) in [6.45, 7) is 5.15. The van der Waals surface area contributed by atoms with Crippen molar-refractivity contribution < 1.29 is 19.4 Å². The minimum absolute atomic E-state index is 0.417. The molecule has 1 aromatic rings. The van der Waals surface area contributed by atoms with Crippen LogP contribution in [0.25, 0.3) is 0 Å². The van der Waals surface area contributed by atoms with Gasteiger partial charge >= 0.3 is 12.1 Å². The van der Waals surface area contributed by atoms with Crippen molar-refractivity contribution in [2.45, 2.75) is 32.4 Å². The van der Waals surface area contributed by atoms with Gasteiger partial charge in [-0.05, 0) is 32.9 Å². The molecule has 1 atom stereocenters. The lowest BCUT2D eigenvalue weighted by Gasteiger charge is -2.29. The summed E-state index contributed by atoms with van der Waals surface area (Å²) in [5.41, 5.74) is -0.286. The average Bonchev–Trinajstić information content (AvgIpc) is 2.29. The number of hydrogen-bond acceptors (Lipinski definition) is 3. The molecule has 0 aliphatic carbocycles. The minimum Gasteiger partial charge on any atom is -0.479 e. The van der Waals surface area contributed by atoms with Gasteiger partial charge in [0.2, 0.25) is 0 Å². The van der Waals surface area contributed by atoms with Crippen LogP contribution in [-0.4, -0.2) is 34.7 Å². The van der Waals surface area contributed by atoms with E-state index in [1.54, 1.807) is 39.0 Å². The van der Waals surface area contributed by atoms with E-state index in [0.29, 0.717) is 15.1 Å². The van der Waals surface area contributed by atoms with Crippen LogP contribution < -0.4 is 0 Å². The van der Waals surface area contributed by atoms with Gasteiger partial charge in [-0.25, -0.2) is 9.59 Å². The Morgan fingerprint density at radius 3 is 2.38 bits per heavy atom. The number of halogens is 2. The maximum atomic E-state index is 12.1. The van der Waals surface area contributed by atoms with E-state index in [4.69, 9.17) is 16.3 Å². The Labute approximate surface area is 137 Å². The lowest BCUT2D eigenvalue weighted by molar-refractivity contribution is -0.143. The molecule has 0 saturated carbocycles. The third kappa shape index (κ3) is 4.89. The number of amides is 1. The molecule has 0 aliphatic heterocycles. The Hall–Kier alpha value is -1.27. The fraction of sp³-hybridized carbons (Fsp3) is 0.429. The molecule has 116 valence electrons. The first-order valence-electron chi connectivity index (χ1n) is 6.16. The van der Waals surface area contributed by atoms with E-state index in [2.05, 4.69) is 15.9 Å². The van der Waals surface area contributed by atoms with Crippen LogP contribution in [-0.2, 0) is 9.53 Å². The number of rotatable bonds is 3. The topological polar surface area (TPSA) is 66.8 Å². The standard InChI is InChI=1S/C14H17BrClNO4/c1-14(2,3)21-13(20)17(4)11(12(18)19)9-6-5-8(16)7-10(9)15/h5-7,11H,1-4H3,(H,18,19). The number of carboxylic acids is 1. The van der Waals surface area contributed by atoms with Gasteiger partial charge in [0, 0.05) is 22.1 Å². The van der Waals surface area contributed by atoms with Crippen LogP contribution >= 0.6 is 27.5 Å². The van der Waals surface area contributed by atoms with Gasteiger partial charge in [-0.2, -0.15) is 0 Å². The second-order valence-corrected chi connectivity index (χ2v) is 6.79. The van der Waals surface area contributed by atoms with Gasteiger partial charge in [0.25, 0.3) is 0 Å². The third-order valence-electron chi connectivity index (χ3n) is 2.56. The molecule has 5 nitrogen and oxygen atoms in total. The Bertz CT molecular complexity index is 556. The van der Waals surface area contributed by atoms with Crippen molar-refractivity contribution >= 4 is 39.6 Å². The SMILES string of the molecule is CN(C(=O)OC(C)(C)C)C(C(=O)O)c1ccc(Cl)cc1Br. The second-order valence-electron chi connectivity index (χ2n) is 5.50. The van der Waals surface area contributed by atoms with Gasteiger partial charge in [0.05, 0.1) is 0 Å². The zero-order chi connectivity index (χ0) is 16.4. The van der Waals surface area contributed by atoms with E-state index in [9.17, 15) is 14.7 Å². The molecule has 0 bridgehead atoms. The highest BCUT2D eigenvalue weighted by molar-refractivity contribution is 9.10. The number of likely N-dealkylation sites (N-methyl/N-ethyl adjacent to an activating group) is 1. The predicted molar refractivity (Wildman–Crippen MR) is 83.5 cm³/mol. The van der Waals surface area contributed by atoms with Crippen LogP contribution in [0.5, 0.6) is 0 Å². The van der Waals surface area contributed by atoms with E-state index < -0.39 is 23.7 Å². The molecule has 1 rings (SSSR count). The number of ether oxygens (including phenoxy) is 1. The van der Waals surface area contributed by atoms with Crippen molar-refractivity contribution in [2.24, 2.45) is 0 Å². The number of carbonyl (C=O) groups is 2. The first-order chi connectivity index (χ1) is 9.53. The summed E-state index contributed by atoms with van der Waals surface area (Å²) in [6.07, 6.45) is -0.711. The van der Waals surface area contributed by atoms with Gasteiger partial charge in [0.1, 0.15) is 5.60 Å². The molecule has 21 heavy (non-hydrogen) atoms. The third-order valence-corrected chi connectivity index (χ3v) is 3.48. The first kappa shape index (κ1) is 17.8. The van der Waals surface area contributed by atoms with E-state index in [0.717, 1.165) is 4.90 Å². The Morgan fingerprint density at radius 2 is 1.95 bits per heavy atom. The van der Waals surface area contributed by atoms with E-state index in [1.165, 1.54) is 7.05 Å². The van der Waals surface area contributed by atoms with Crippen LogP contribution in [0.4, 0.5) is 4.79 Å². The summed E-state index contributed by atoms with van der Waals surface area (Å²) in [4.78, 5) is 24.6. The van der Waals surface area contributed by atoms with Crippen molar-refractivity contribution in [3.8, 4) is 0 Å². The lowest BCUT2D eigenvalue weighted by atomic mass is 10.1. The van der Waals surface area contributed by atoms with Gasteiger partial charge in [0.15, 0.2) is 6.04 Å². The van der Waals surface area contributed by atoms with Gasteiger partial charge in [-0.3, -0.25) is 4.90 Å². The van der Waals surface area contributed by atoms with Gasteiger partial charge in [-0.15, -0.1) is 0 Å². The summed E-state index contributed by atoms with van der Waals surface area (Å²) in [5, 5.41) is 9.90. The highest BCUT2D eigenvalue weighted by Gasteiger charge is 2.32. The van der Waals surface area contributed by atoms with Gasteiger partial charge < -0.3 is 9.84 Å². The number of nitrogens with zero attached hydrogens (tertiary/aromatic N) is 1. The van der Waals surface area contributed by atoms with Gasteiger partial charge in [-0.1, -0.05) is 33.6 Å². The molecular weight excluding hydrogens is 362 g/mol. The average molecular weight is 379 g/mol. The van der Waals surface area contributed by atoms with Crippen molar-refractivity contribution in [3.63, 3.8) is 0 Å². The molecule has 0 heterocycles. The van der Waals surface area contributed by atoms with Crippen molar-refractivity contribution in [1.82, 2.24) is 4.90 Å². The number of carboxylic acid groups (broad SMARTS) is 1. The van der Waals surface area contributed by atoms with Crippen molar-refractivity contribution in [1.29, 1.82) is 0 Å². The van der Waals surface area contributed by atoms with Crippen LogP contribution in [0, 0.1) is 0 Å². The van der Waals surface area contributed by atoms with Crippen molar-refractivity contribution in [3.05, 3.63) is 33.3 Å². The van der Waals surface area contributed by atoms with Crippen LogP contribution in [0.2, 0.25) is 5.02 Å². The quantitative estimate of drug-likeness (QED) is 0.860. The monoisotopic (exact) mass is 377 g/mol. The predicted octanol–water partition coefficient (Wildman–Crippen LogP) is 4.10.